The molecule has 1 heterocycles. The summed E-state index contributed by atoms with van der Waals surface area (Å²) in [5.41, 5.74) is 1.95. The average molecular weight is 259 g/mol. The van der Waals surface area contributed by atoms with E-state index in [9.17, 15) is 0 Å². The van der Waals surface area contributed by atoms with Crippen LogP contribution in [0.5, 0.6) is 0 Å². The molecule has 4 nitrogen and oxygen atoms in total. The van der Waals surface area contributed by atoms with E-state index < -0.39 is 0 Å². The molecular formula is C15H21N3O. The Hall–Kier alpha value is -1.97. The fourth-order valence-electron chi connectivity index (χ4n) is 1.88. The fraction of sp³-hybridized carbons (Fsp3) is 0.400. The molecule has 1 N–H and O–H groups in total. The standard InChI is InChI=1S/C15H21N3O/c1-10(12-6-7-12)16-14-9-8-13(11(2)19-5)15(17-14)18(3)4/h8-9,12H,1-2,6-7H2,3-5H3,(H,16,17). The predicted molar refractivity (Wildman–Crippen MR) is 80.1 cm³/mol. The zero-order valence-corrected chi connectivity index (χ0v) is 11.9. The van der Waals surface area contributed by atoms with Crippen LogP contribution in [0.4, 0.5) is 11.6 Å². The van der Waals surface area contributed by atoms with Gasteiger partial charge in [0, 0.05) is 19.8 Å². The number of aromatic nitrogens is 1. The first-order valence-corrected chi connectivity index (χ1v) is 6.40. The van der Waals surface area contributed by atoms with Gasteiger partial charge in [-0.2, -0.15) is 0 Å². The number of pyridine rings is 1. The Morgan fingerprint density at radius 1 is 1.37 bits per heavy atom. The molecule has 0 aromatic carbocycles. The Kier molecular flexibility index (Phi) is 3.79. The van der Waals surface area contributed by atoms with Crippen molar-refractivity contribution in [3.05, 3.63) is 36.6 Å². The lowest BCUT2D eigenvalue weighted by Crippen LogP contribution is -2.14. The Balaban J connectivity index is 2.24. The summed E-state index contributed by atoms with van der Waals surface area (Å²) in [4.78, 5) is 6.55. The lowest BCUT2D eigenvalue weighted by Gasteiger charge is -2.18. The van der Waals surface area contributed by atoms with E-state index >= 15 is 0 Å². The molecule has 0 bridgehead atoms. The second-order valence-electron chi connectivity index (χ2n) is 5.01. The van der Waals surface area contributed by atoms with Gasteiger partial charge in [-0.15, -0.1) is 0 Å². The van der Waals surface area contributed by atoms with Crippen molar-refractivity contribution >= 4 is 17.4 Å². The van der Waals surface area contributed by atoms with Crippen molar-refractivity contribution < 1.29 is 4.74 Å². The minimum absolute atomic E-state index is 0.609. The van der Waals surface area contributed by atoms with Crippen molar-refractivity contribution in [3.8, 4) is 0 Å². The molecule has 102 valence electrons. The Bertz CT molecular complexity index is 504. The number of allylic oxidation sites excluding steroid dienone is 1. The van der Waals surface area contributed by atoms with E-state index in [0.29, 0.717) is 11.7 Å². The first-order valence-electron chi connectivity index (χ1n) is 6.40. The van der Waals surface area contributed by atoms with E-state index in [4.69, 9.17) is 4.74 Å². The summed E-state index contributed by atoms with van der Waals surface area (Å²) in [7, 11) is 5.52. The summed E-state index contributed by atoms with van der Waals surface area (Å²) in [5.74, 6) is 2.87. The number of methoxy groups -OCH3 is 1. The van der Waals surface area contributed by atoms with Gasteiger partial charge >= 0.3 is 0 Å². The molecule has 0 atom stereocenters. The number of nitrogens with zero attached hydrogens (tertiary/aromatic N) is 2. The molecule has 0 amide bonds. The second kappa shape index (κ2) is 5.34. The maximum atomic E-state index is 5.20. The van der Waals surface area contributed by atoms with E-state index in [0.717, 1.165) is 22.9 Å². The van der Waals surface area contributed by atoms with Crippen molar-refractivity contribution in [1.82, 2.24) is 4.98 Å². The number of ether oxygens (including phenoxy) is 1. The zero-order valence-electron chi connectivity index (χ0n) is 11.9. The molecule has 0 radical (unpaired) electrons. The molecule has 0 unspecified atom stereocenters. The van der Waals surface area contributed by atoms with Gasteiger partial charge in [-0.1, -0.05) is 13.2 Å². The van der Waals surface area contributed by atoms with Crippen LogP contribution in [0.3, 0.4) is 0 Å². The Morgan fingerprint density at radius 3 is 2.58 bits per heavy atom. The minimum Gasteiger partial charge on any atom is -0.497 e. The second-order valence-corrected chi connectivity index (χ2v) is 5.01. The van der Waals surface area contributed by atoms with Crippen LogP contribution in [0.1, 0.15) is 18.4 Å². The number of hydrogen-bond acceptors (Lipinski definition) is 4. The van der Waals surface area contributed by atoms with Crippen LogP contribution in [-0.4, -0.2) is 26.2 Å². The molecule has 0 aliphatic heterocycles. The van der Waals surface area contributed by atoms with Crippen molar-refractivity contribution in [2.45, 2.75) is 12.8 Å². The van der Waals surface area contributed by atoms with Crippen LogP contribution in [0.15, 0.2) is 31.0 Å². The summed E-state index contributed by atoms with van der Waals surface area (Å²) < 4.78 is 5.20. The molecule has 19 heavy (non-hydrogen) atoms. The molecule has 0 saturated heterocycles. The van der Waals surface area contributed by atoms with Crippen LogP contribution in [0.2, 0.25) is 0 Å². The average Bonchev–Trinajstić information content (AvgIpc) is 3.22. The maximum Gasteiger partial charge on any atom is 0.141 e. The highest BCUT2D eigenvalue weighted by Crippen LogP contribution is 2.36. The Morgan fingerprint density at radius 2 is 2.05 bits per heavy atom. The number of rotatable bonds is 6. The Labute approximate surface area is 114 Å². The van der Waals surface area contributed by atoms with E-state index in [2.05, 4.69) is 23.5 Å². The normalized spacial score (nSPS) is 13.8. The van der Waals surface area contributed by atoms with Gasteiger partial charge in [-0.25, -0.2) is 4.98 Å². The van der Waals surface area contributed by atoms with Crippen molar-refractivity contribution in [3.63, 3.8) is 0 Å². The third kappa shape index (κ3) is 3.08. The van der Waals surface area contributed by atoms with E-state index in [1.807, 2.05) is 31.1 Å². The summed E-state index contributed by atoms with van der Waals surface area (Å²) >= 11 is 0. The lowest BCUT2D eigenvalue weighted by atomic mass is 10.2. The maximum absolute atomic E-state index is 5.20. The number of nitrogens with one attached hydrogen (secondary N) is 1. The third-order valence-electron chi connectivity index (χ3n) is 3.20. The smallest absolute Gasteiger partial charge is 0.141 e. The summed E-state index contributed by atoms with van der Waals surface area (Å²) in [6, 6.07) is 3.90. The zero-order chi connectivity index (χ0) is 14.0. The molecular weight excluding hydrogens is 238 g/mol. The van der Waals surface area contributed by atoms with Gasteiger partial charge in [0.1, 0.15) is 17.4 Å². The molecule has 4 heteroatoms. The van der Waals surface area contributed by atoms with Crippen LogP contribution in [0.25, 0.3) is 5.76 Å². The molecule has 1 aliphatic carbocycles. The van der Waals surface area contributed by atoms with Gasteiger partial charge in [0.05, 0.1) is 12.7 Å². The van der Waals surface area contributed by atoms with Gasteiger partial charge in [-0.05, 0) is 30.9 Å². The van der Waals surface area contributed by atoms with Crippen molar-refractivity contribution in [2.24, 2.45) is 5.92 Å². The predicted octanol–water partition coefficient (Wildman–Crippen LogP) is 3.10. The summed E-state index contributed by atoms with van der Waals surface area (Å²) in [6.45, 7) is 7.94. The molecule has 1 aromatic rings. The van der Waals surface area contributed by atoms with E-state index in [1.54, 1.807) is 7.11 Å². The number of anilines is 2. The van der Waals surface area contributed by atoms with Crippen molar-refractivity contribution in [2.75, 3.05) is 31.4 Å². The quantitative estimate of drug-likeness (QED) is 0.797. The minimum atomic E-state index is 0.609. The lowest BCUT2D eigenvalue weighted by molar-refractivity contribution is 0.371. The molecule has 1 aliphatic rings. The highest BCUT2D eigenvalue weighted by Gasteiger charge is 2.25. The van der Waals surface area contributed by atoms with Crippen LogP contribution >= 0.6 is 0 Å². The van der Waals surface area contributed by atoms with Crippen LogP contribution < -0.4 is 10.2 Å². The van der Waals surface area contributed by atoms with Gasteiger partial charge < -0.3 is 15.0 Å². The first kappa shape index (κ1) is 13.5. The van der Waals surface area contributed by atoms with Crippen LogP contribution in [0, 0.1) is 5.92 Å². The fourth-order valence-corrected chi connectivity index (χ4v) is 1.88. The van der Waals surface area contributed by atoms with Crippen molar-refractivity contribution in [1.29, 1.82) is 0 Å². The van der Waals surface area contributed by atoms with Gasteiger partial charge in [0.15, 0.2) is 0 Å². The van der Waals surface area contributed by atoms with E-state index in [-0.39, 0.29) is 0 Å². The largest absolute Gasteiger partial charge is 0.497 e. The summed E-state index contributed by atoms with van der Waals surface area (Å²) in [5, 5.41) is 3.28. The third-order valence-corrected chi connectivity index (χ3v) is 3.20. The summed E-state index contributed by atoms with van der Waals surface area (Å²) in [6.07, 6.45) is 2.45. The molecule has 2 rings (SSSR count). The monoisotopic (exact) mass is 259 g/mol. The van der Waals surface area contributed by atoms with Crippen LogP contribution in [-0.2, 0) is 4.74 Å². The first-order chi connectivity index (χ1) is 9.02. The number of hydrogen-bond donors (Lipinski definition) is 1. The van der Waals surface area contributed by atoms with Gasteiger partial charge in [0.25, 0.3) is 0 Å². The van der Waals surface area contributed by atoms with Gasteiger partial charge in [-0.3, -0.25) is 0 Å². The molecule has 1 fully saturated rings. The topological polar surface area (TPSA) is 37.4 Å². The van der Waals surface area contributed by atoms with Gasteiger partial charge in [0.2, 0.25) is 0 Å². The SMILES string of the molecule is C=C(OC)c1ccc(NC(=C)C2CC2)nc1N(C)C. The molecule has 1 aromatic heterocycles. The highest BCUT2D eigenvalue weighted by molar-refractivity contribution is 5.71. The highest BCUT2D eigenvalue weighted by atomic mass is 16.5. The molecule has 0 spiro atoms. The van der Waals surface area contributed by atoms with E-state index in [1.165, 1.54) is 12.8 Å². The molecule has 1 saturated carbocycles.